The van der Waals surface area contributed by atoms with Crippen LogP contribution in [0.15, 0.2) is 18.2 Å². The van der Waals surface area contributed by atoms with E-state index < -0.39 is 0 Å². The molecule has 1 heterocycles. The standard InChI is InChI=1S/C14H17N3/c1-8-3-6-11-13(17-15)7-12(10-4-5-10)16-14(11)9(8)2/h3,6-7,10H,4-5,15H2,1-2H3,(H,16,17). The fraction of sp³-hybridized carbons (Fsp3) is 0.357. The lowest BCUT2D eigenvalue weighted by Gasteiger charge is -2.11. The summed E-state index contributed by atoms with van der Waals surface area (Å²) in [7, 11) is 0. The number of nitrogen functional groups attached to an aromatic ring is 1. The molecule has 0 unspecified atom stereocenters. The maximum absolute atomic E-state index is 5.62. The van der Waals surface area contributed by atoms with E-state index >= 15 is 0 Å². The van der Waals surface area contributed by atoms with Gasteiger partial charge in [0.15, 0.2) is 0 Å². The molecular formula is C14H17N3. The van der Waals surface area contributed by atoms with Gasteiger partial charge in [0.2, 0.25) is 0 Å². The minimum absolute atomic E-state index is 0.645. The molecule has 1 aromatic carbocycles. The van der Waals surface area contributed by atoms with E-state index in [2.05, 4.69) is 37.5 Å². The maximum Gasteiger partial charge on any atom is 0.0758 e. The number of benzene rings is 1. The Hall–Kier alpha value is -1.61. The van der Waals surface area contributed by atoms with Crippen molar-refractivity contribution in [3.05, 3.63) is 35.0 Å². The van der Waals surface area contributed by atoms with Gasteiger partial charge in [-0.2, -0.15) is 0 Å². The summed E-state index contributed by atoms with van der Waals surface area (Å²) in [5.41, 5.74) is 8.58. The van der Waals surface area contributed by atoms with E-state index in [9.17, 15) is 0 Å². The molecule has 1 fully saturated rings. The molecular weight excluding hydrogens is 210 g/mol. The van der Waals surface area contributed by atoms with Crippen LogP contribution in [-0.4, -0.2) is 4.98 Å². The van der Waals surface area contributed by atoms with Gasteiger partial charge in [0, 0.05) is 17.0 Å². The van der Waals surface area contributed by atoms with Gasteiger partial charge >= 0.3 is 0 Å². The monoisotopic (exact) mass is 227 g/mol. The normalized spacial score (nSPS) is 15.2. The molecule has 1 aliphatic carbocycles. The fourth-order valence-electron chi connectivity index (χ4n) is 2.26. The maximum atomic E-state index is 5.62. The molecule has 0 amide bonds. The highest BCUT2D eigenvalue weighted by molar-refractivity contribution is 5.93. The van der Waals surface area contributed by atoms with Gasteiger partial charge in [-0.05, 0) is 43.9 Å². The molecule has 0 saturated heterocycles. The first kappa shape index (κ1) is 10.5. The lowest BCUT2D eigenvalue weighted by molar-refractivity contribution is 1.04. The number of aryl methyl sites for hydroxylation is 2. The van der Waals surface area contributed by atoms with E-state index in [1.807, 2.05) is 0 Å². The van der Waals surface area contributed by atoms with Crippen LogP contribution in [0, 0.1) is 13.8 Å². The zero-order valence-corrected chi connectivity index (χ0v) is 10.2. The van der Waals surface area contributed by atoms with Crippen LogP contribution in [0.1, 0.15) is 35.6 Å². The van der Waals surface area contributed by atoms with Crippen LogP contribution >= 0.6 is 0 Å². The van der Waals surface area contributed by atoms with Crippen LogP contribution in [0.3, 0.4) is 0 Å². The summed E-state index contributed by atoms with van der Waals surface area (Å²) in [6, 6.07) is 6.31. The van der Waals surface area contributed by atoms with Gasteiger partial charge in [0.05, 0.1) is 11.2 Å². The largest absolute Gasteiger partial charge is 0.323 e. The molecule has 3 rings (SSSR count). The molecule has 1 aliphatic rings. The van der Waals surface area contributed by atoms with Gasteiger partial charge in [-0.1, -0.05) is 12.1 Å². The Labute approximate surface area is 101 Å². The number of hydrazine groups is 1. The number of hydrogen-bond acceptors (Lipinski definition) is 3. The summed E-state index contributed by atoms with van der Waals surface area (Å²) in [5.74, 6) is 6.26. The highest BCUT2D eigenvalue weighted by Crippen LogP contribution is 2.41. The van der Waals surface area contributed by atoms with Crippen LogP contribution in [0.4, 0.5) is 5.69 Å². The van der Waals surface area contributed by atoms with Crippen molar-refractivity contribution in [3.63, 3.8) is 0 Å². The van der Waals surface area contributed by atoms with Crippen molar-refractivity contribution in [1.82, 2.24) is 4.98 Å². The first-order valence-electron chi connectivity index (χ1n) is 6.08. The molecule has 0 atom stereocenters. The summed E-state index contributed by atoms with van der Waals surface area (Å²) in [4.78, 5) is 4.81. The number of nitrogens with one attached hydrogen (secondary N) is 1. The molecule has 0 radical (unpaired) electrons. The molecule has 0 bridgehead atoms. The average Bonchev–Trinajstić information content (AvgIpc) is 3.17. The predicted octanol–water partition coefficient (Wildman–Crippen LogP) is 3.01. The number of rotatable bonds is 2. The van der Waals surface area contributed by atoms with Crippen molar-refractivity contribution in [2.45, 2.75) is 32.6 Å². The Kier molecular flexibility index (Phi) is 2.30. The van der Waals surface area contributed by atoms with Gasteiger partial charge in [0.1, 0.15) is 0 Å². The second kappa shape index (κ2) is 3.70. The second-order valence-corrected chi connectivity index (χ2v) is 4.92. The van der Waals surface area contributed by atoms with Crippen LogP contribution in [-0.2, 0) is 0 Å². The van der Waals surface area contributed by atoms with Crippen LogP contribution in [0.2, 0.25) is 0 Å². The summed E-state index contributed by atoms with van der Waals surface area (Å²) < 4.78 is 0. The SMILES string of the molecule is Cc1ccc2c(NN)cc(C3CC3)nc2c1C. The Morgan fingerprint density at radius 1 is 1.29 bits per heavy atom. The minimum Gasteiger partial charge on any atom is -0.323 e. The molecule has 88 valence electrons. The van der Waals surface area contributed by atoms with E-state index in [1.165, 1.54) is 29.7 Å². The number of nitrogens with zero attached hydrogens (tertiary/aromatic N) is 1. The zero-order chi connectivity index (χ0) is 12.0. The van der Waals surface area contributed by atoms with Gasteiger partial charge in [0.25, 0.3) is 0 Å². The van der Waals surface area contributed by atoms with Crippen LogP contribution in [0.25, 0.3) is 10.9 Å². The molecule has 0 aliphatic heterocycles. The lowest BCUT2D eigenvalue weighted by Crippen LogP contribution is -2.08. The van der Waals surface area contributed by atoms with Gasteiger partial charge in [-0.15, -0.1) is 0 Å². The third kappa shape index (κ3) is 1.67. The van der Waals surface area contributed by atoms with E-state index in [4.69, 9.17) is 10.8 Å². The summed E-state index contributed by atoms with van der Waals surface area (Å²) in [6.45, 7) is 4.25. The molecule has 3 nitrogen and oxygen atoms in total. The van der Waals surface area contributed by atoms with Crippen molar-refractivity contribution >= 4 is 16.6 Å². The van der Waals surface area contributed by atoms with Gasteiger partial charge < -0.3 is 5.43 Å². The molecule has 17 heavy (non-hydrogen) atoms. The summed E-state index contributed by atoms with van der Waals surface area (Å²) >= 11 is 0. The van der Waals surface area contributed by atoms with Crippen molar-refractivity contribution in [1.29, 1.82) is 0 Å². The van der Waals surface area contributed by atoms with Crippen molar-refractivity contribution in [2.75, 3.05) is 5.43 Å². The molecule has 3 N–H and O–H groups in total. The van der Waals surface area contributed by atoms with Crippen molar-refractivity contribution in [2.24, 2.45) is 5.84 Å². The Morgan fingerprint density at radius 2 is 2.06 bits per heavy atom. The first-order chi connectivity index (χ1) is 8.20. The number of fused-ring (bicyclic) bond motifs is 1. The quantitative estimate of drug-likeness (QED) is 0.612. The third-order valence-electron chi connectivity index (χ3n) is 3.68. The van der Waals surface area contributed by atoms with Gasteiger partial charge in [-0.3, -0.25) is 10.8 Å². The number of pyridine rings is 1. The van der Waals surface area contributed by atoms with Crippen LogP contribution < -0.4 is 11.3 Å². The first-order valence-corrected chi connectivity index (χ1v) is 6.08. The van der Waals surface area contributed by atoms with E-state index in [0.717, 1.165) is 16.6 Å². The lowest BCUT2D eigenvalue weighted by atomic mass is 10.0. The zero-order valence-electron chi connectivity index (χ0n) is 10.2. The molecule has 1 aromatic heterocycles. The highest BCUT2D eigenvalue weighted by atomic mass is 15.2. The summed E-state index contributed by atoms with van der Waals surface area (Å²) in [6.07, 6.45) is 2.51. The van der Waals surface area contributed by atoms with E-state index in [0.29, 0.717) is 5.92 Å². The number of nitrogens with two attached hydrogens (primary N) is 1. The number of anilines is 1. The van der Waals surface area contributed by atoms with E-state index in [-0.39, 0.29) is 0 Å². The second-order valence-electron chi connectivity index (χ2n) is 4.92. The molecule has 1 saturated carbocycles. The van der Waals surface area contributed by atoms with E-state index in [1.54, 1.807) is 0 Å². The Bertz CT molecular complexity index is 586. The number of aromatic nitrogens is 1. The third-order valence-corrected chi connectivity index (χ3v) is 3.68. The molecule has 0 spiro atoms. The summed E-state index contributed by atoms with van der Waals surface area (Å²) in [5, 5.41) is 1.11. The van der Waals surface area contributed by atoms with Crippen molar-refractivity contribution < 1.29 is 0 Å². The Balaban J connectivity index is 2.32. The minimum atomic E-state index is 0.645. The molecule has 2 aromatic rings. The average molecular weight is 227 g/mol. The number of hydrogen-bond donors (Lipinski definition) is 2. The highest BCUT2D eigenvalue weighted by Gasteiger charge is 2.26. The van der Waals surface area contributed by atoms with Crippen molar-refractivity contribution in [3.8, 4) is 0 Å². The predicted molar refractivity (Wildman–Crippen MR) is 71.0 cm³/mol. The van der Waals surface area contributed by atoms with Crippen LogP contribution in [0.5, 0.6) is 0 Å². The fourth-order valence-corrected chi connectivity index (χ4v) is 2.26. The molecule has 3 heteroatoms. The smallest absolute Gasteiger partial charge is 0.0758 e. The Morgan fingerprint density at radius 3 is 2.71 bits per heavy atom. The van der Waals surface area contributed by atoms with Gasteiger partial charge in [-0.25, -0.2) is 0 Å². The topological polar surface area (TPSA) is 50.9 Å².